The molecule has 2 N–H and O–H groups in total. The molecule has 2 aromatic rings. The first-order chi connectivity index (χ1) is 9.09. The van der Waals surface area contributed by atoms with Gasteiger partial charge in [-0.25, -0.2) is 4.63 Å². The van der Waals surface area contributed by atoms with E-state index in [1.807, 2.05) is 18.2 Å². The summed E-state index contributed by atoms with van der Waals surface area (Å²) in [7, 11) is 0. The molecule has 0 aliphatic heterocycles. The first-order valence-electron chi connectivity index (χ1n) is 5.92. The molecule has 100 valence electrons. The Labute approximate surface area is 110 Å². The van der Waals surface area contributed by atoms with Crippen molar-refractivity contribution in [2.24, 2.45) is 0 Å². The van der Waals surface area contributed by atoms with Crippen LogP contribution in [0.5, 0.6) is 0 Å². The summed E-state index contributed by atoms with van der Waals surface area (Å²) in [6.07, 6.45) is -0.787. The third kappa shape index (κ3) is 2.97. The number of aromatic nitrogens is 2. The van der Waals surface area contributed by atoms with E-state index in [4.69, 9.17) is 0 Å². The Morgan fingerprint density at radius 1 is 1.32 bits per heavy atom. The van der Waals surface area contributed by atoms with Crippen LogP contribution in [0.4, 0.5) is 0 Å². The Kier molecular flexibility index (Phi) is 3.91. The van der Waals surface area contributed by atoms with E-state index in [0.29, 0.717) is 5.69 Å². The first kappa shape index (κ1) is 13.2. The van der Waals surface area contributed by atoms with Gasteiger partial charge in [0.05, 0.1) is 12.1 Å². The van der Waals surface area contributed by atoms with Crippen LogP contribution in [-0.2, 0) is 0 Å². The molecule has 0 unspecified atom stereocenters. The van der Waals surface area contributed by atoms with Gasteiger partial charge >= 0.3 is 0 Å². The summed E-state index contributed by atoms with van der Waals surface area (Å²) < 4.78 is 4.47. The molecule has 0 radical (unpaired) electrons. The Hall–Kier alpha value is -2.21. The van der Waals surface area contributed by atoms with Crippen molar-refractivity contribution in [1.82, 2.24) is 15.6 Å². The Morgan fingerprint density at radius 2 is 2.00 bits per heavy atom. The van der Waals surface area contributed by atoms with Crippen molar-refractivity contribution in [2.45, 2.75) is 26.0 Å². The van der Waals surface area contributed by atoms with Gasteiger partial charge in [0.2, 0.25) is 0 Å². The van der Waals surface area contributed by atoms with E-state index >= 15 is 0 Å². The molecular formula is C13H15N3O3. The average Bonchev–Trinajstić information content (AvgIpc) is 2.85. The van der Waals surface area contributed by atoms with E-state index in [1.165, 1.54) is 0 Å². The van der Waals surface area contributed by atoms with Gasteiger partial charge < -0.3 is 10.4 Å². The number of aryl methyl sites for hydroxylation is 1. The summed E-state index contributed by atoms with van der Waals surface area (Å²) in [6.45, 7) is 3.35. The lowest BCUT2D eigenvalue weighted by Gasteiger charge is -2.20. The van der Waals surface area contributed by atoms with Crippen LogP contribution < -0.4 is 5.32 Å². The molecule has 0 aliphatic carbocycles. The van der Waals surface area contributed by atoms with Crippen LogP contribution in [0.2, 0.25) is 0 Å². The van der Waals surface area contributed by atoms with Gasteiger partial charge in [-0.05, 0) is 24.6 Å². The van der Waals surface area contributed by atoms with Crippen molar-refractivity contribution in [3.63, 3.8) is 0 Å². The topological polar surface area (TPSA) is 88.2 Å². The number of hydrogen-bond acceptors (Lipinski definition) is 5. The van der Waals surface area contributed by atoms with Crippen LogP contribution in [0, 0.1) is 6.92 Å². The normalized spacial score (nSPS) is 13.8. The van der Waals surface area contributed by atoms with E-state index in [-0.39, 0.29) is 5.69 Å². The van der Waals surface area contributed by atoms with Crippen LogP contribution in [0.1, 0.15) is 34.8 Å². The van der Waals surface area contributed by atoms with E-state index in [2.05, 4.69) is 20.3 Å². The van der Waals surface area contributed by atoms with Crippen molar-refractivity contribution in [3.8, 4) is 0 Å². The van der Waals surface area contributed by atoms with Crippen molar-refractivity contribution in [1.29, 1.82) is 0 Å². The number of rotatable bonds is 4. The molecule has 1 heterocycles. The number of carbonyl (C=O) groups is 1. The molecule has 0 saturated heterocycles. The quantitative estimate of drug-likeness (QED) is 0.864. The van der Waals surface area contributed by atoms with Crippen molar-refractivity contribution in [2.75, 3.05) is 0 Å². The lowest BCUT2D eigenvalue weighted by molar-refractivity contribution is 0.0842. The van der Waals surface area contributed by atoms with Gasteiger partial charge in [0.25, 0.3) is 5.91 Å². The molecule has 0 spiro atoms. The molecule has 1 aromatic carbocycles. The number of aliphatic hydroxyl groups excluding tert-OH is 1. The number of benzene rings is 1. The van der Waals surface area contributed by atoms with Crippen LogP contribution in [0.15, 0.2) is 35.0 Å². The minimum absolute atomic E-state index is 0.132. The standard InChI is InChI=1S/C13H15N3O3/c1-8-11(16-19-15-8)13(18)14-9(2)12(17)10-6-4-3-5-7-10/h3-7,9,12,17H,1-2H3,(H,14,18)/t9-,12+/m1/s1. The van der Waals surface area contributed by atoms with Gasteiger partial charge in [0, 0.05) is 0 Å². The first-order valence-corrected chi connectivity index (χ1v) is 5.92. The smallest absolute Gasteiger partial charge is 0.275 e. The van der Waals surface area contributed by atoms with Crippen molar-refractivity contribution < 1.29 is 14.5 Å². The van der Waals surface area contributed by atoms with E-state index in [1.54, 1.807) is 26.0 Å². The maximum Gasteiger partial charge on any atom is 0.275 e. The number of carbonyl (C=O) groups excluding carboxylic acids is 1. The fourth-order valence-electron chi connectivity index (χ4n) is 1.73. The zero-order valence-corrected chi connectivity index (χ0v) is 10.7. The molecular weight excluding hydrogens is 246 g/mol. The second kappa shape index (κ2) is 5.62. The number of aliphatic hydroxyl groups is 1. The molecule has 1 aromatic heterocycles. The third-order valence-electron chi connectivity index (χ3n) is 2.84. The minimum Gasteiger partial charge on any atom is -0.386 e. The number of nitrogens with one attached hydrogen (secondary N) is 1. The largest absolute Gasteiger partial charge is 0.386 e. The Balaban J connectivity index is 2.03. The van der Waals surface area contributed by atoms with E-state index < -0.39 is 18.1 Å². The summed E-state index contributed by atoms with van der Waals surface area (Å²) in [6, 6.07) is 8.68. The molecule has 0 fully saturated rings. The lowest BCUT2D eigenvalue weighted by Crippen LogP contribution is -2.37. The summed E-state index contributed by atoms with van der Waals surface area (Å²) in [4.78, 5) is 11.9. The van der Waals surface area contributed by atoms with Crippen molar-refractivity contribution >= 4 is 5.91 Å². The maximum absolute atomic E-state index is 11.9. The molecule has 2 rings (SSSR count). The SMILES string of the molecule is Cc1nonc1C(=O)N[C@H](C)[C@H](O)c1ccccc1. The summed E-state index contributed by atoms with van der Waals surface area (Å²) in [5.41, 5.74) is 1.29. The van der Waals surface area contributed by atoms with Gasteiger partial charge in [-0.3, -0.25) is 4.79 Å². The van der Waals surface area contributed by atoms with Crippen LogP contribution in [-0.4, -0.2) is 27.4 Å². The molecule has 6 nitrogen and oxygen atoms in total. The van der Waals surface area contributed by atoms with E-state index in [0.717, 1.165) is 5.56 Å². The predicted octanol–water partition coefficient (Wildman–Crippen LogP) is 1.23. The van der Waals surface area contributed by atoms with Crippen LogP contribution in [0.25, 0.3) is 0 Å². The van der Waals surface area contributed by atoms with Gasteiger partial charge in [0.1, 0.15) is 5.69 Å². The van der Waals surface area contributed by atoms with Crippen LogP contribution in [0.3, 0.4) is 0 Å². The highest BCUT2D eigenvalue weighted by Crippen LogP contribution is 2.16. The zero-order valence-electron chi connectivity index (χ0n) is 10.7. The number of amides is 1. The molecule has 0 saturated carbocycles. The molecule has 0 aliphatic rings. The molecule has 1 amide bonds. The fourth-order valence-corrected chi connectivity index (χ4v) is 1.73. The highest BCUT2D eigenvalue weighted by atomic mass is 16.6. The summed E-state index contributed by atoms with van der Waals surface area (Å²) >= 11 is 0. The zero-order chi connectivity index (χ0) is 13.8. The third-order valence-corrected chi connectivity index (χ3v) is 2.84. The predicted molar refractivity (Wildman–Crippen MR) is 67.4 cm³/mol. The minimum atomic E-state index is -0.787. The van der Waals surface area contributed by atoms with E-state index in [9.17, 15) is 9.90 Å². The second-order valence-corrected chi connectivity index (χ2v) is 4.32. The lowest BCUT2D eigenvalue weighted by atomic mass is 10.0. The van der Waals surface area contributed by atoms with Gasteiger partial charge in [-0.1, -0.05) is 35.5 Å². The molecule has 19 heavy (non-hydrogen) atoms. The number of hydrogen-bond donors (Lipinski definition) is 2. The summed E-state index contributed by atoms with van der Waals surface area (Å²) in [5.74, 6) is -0.416. The average molecular weight is 261 g/mol. The highest BCUT2D eigenvalue weighted by molar-refractivity contribution is 5.93. The fraction of sp³-hybridized carbons (Fsp3) is 0.308. The Bertz CT molecular complexity index is 553. The van der Waals surface area contributed by atoms with Crippen molar-refractivity contribution in [3.05, 3.63) is 47.3 Å². The van der Waals surface area contributed by atoms with Gasteiger partial charge in [0.15, 0.2) is 5.69 Å². The van der Waals surface area contributed by atoms with Crippen LogP contribution >= 0.6 is 0 Å². The monoisotopic (exact) mass is 261 g/mol. The summed E-state index contributed by atoms with van der Waals surface area (Å²) in [5, 5.41) is 19.9. The molecule has 0 bridgehead atoms. The second-order valence-electron chi connectivity index (χ2n) is 4.32. The number of nitrogens with zero attached hydrogens (tertiary/aromatic N) is 2. The highest BCUT2D eigenvalue weighted by Gasteiger charge is 2.22. The Morgan fingerprint density at radius 3 is 2.58 bits per heavy atom. The van der Waals surface area contributed by atoms with Gasteiger partial charge in [-0.15, -0.1) is 0 Å². The molecule has 6 heteroatoms. The molecule has 2 atom stereocenters. The maximum atomic E-state index is 11.9. The van der Waals surface area contributed by atoms with Gasteiger partial charge in [-0.2, -0.15) is 0 Å².